The van der Waals surface area contributed by atoms with E-state index in [1.54, 1.807) is 6.07 Å². The minimum Gasteiger partial charge on any atom is -0.493 e. The van der Waals surface area contributed by atoms with Gasteiger partial charge in [0.1, 0.15) is 17.3 Å². The van der Waals surface area contributed by atoms with Gasteiger partial charge in [-0.3, -0.25) is 9.89 Å². The molecular formula is C13H14FN3O3. The standard InChI is InChI=1S/C13H14FN3O3/c14-9-1-2-12(8(5-9)7-18)20-4-3-10-6-11(13(15)19)17-16-10/h1-2,5-6,18H,3-4,7H2,(H2,15,19)(H,16,17). The number of halogens is 1. The molecule has 1 aromatic heterocycles. The maximum atomic E-state index is 13.0. The van der Waals surface area contributed by atoms with Crippen LogP contribution in [-0.2, 0) is 13.0 Å². The summed E-state index contributed by atoms with van der Waals surface area (Å²) in [4.78, 5) is 10.9. The van der Waals surface area contributed by atoms with Gasteiger partial charge in [0.15, 0.2) is 0 Å². The fourth-order valence-corrected chi connectivity index (χ4v) is 1.70. The average molecular weight is 279 g/mol. The highest BCUT2D eigenvalue weighted by Gasteiger charge is 2.08. The Morgan fingerprint density at radius 2 is 2.25 bits per heavy atom. The number of primary amides is 1. The number of nitrogens with zero attached hydrogens (tertiary/aromatic N) is 1. The van der Waals surface area contributed by atoms with Crippen LogP contribution in [0.5, 0.6) is 5.75 Å². The number of carbonyl (C=O) groups excluding carboxylic acids is 1. The first kappa shape index (κ1) is 14.0. The normalized spacial score (nSPS) is 10.5. The summed E-state index contributed by atoms with van der Waals surface area (Å²) in [5, 5.41) is 15.5. The maximum absolute atomic E-state index is 13.0. The third-order valence-corrected chi connectivity index (χ3v) is 2.71. The fraction of sp³-hybridized carbons (Fsp3) is 0.231. The van der Waals surface area contributed by atoms with Crippen LogP contribution < -0.4 is 10.5 Å². The van der Waals surface area contributed by atoms with E-state index in [0.717, 1.165) is 0 Å². The lowest BCUT2D eigenvalue weighted by atomic mass is 10.2. The Morgan fingerprint density at radius 3 is 2.90 bits per heavy atom. The lowest BCUT2D eigenvalue weighted by Crippen LogP contribution is -2.11. The van der Waals surface area contributed by atoms with Gasteiger partial charge in [-0.15, -0.1) is 0 Å². The van der Waals surface area contributed by atoms with Gasteiger partial charge >= 0.3 is 0 Å². The van der Waals surface area contributed by atoms with Crippen LogP contribution in [-0.4, -0.2) is 27.8 Å². The second-order valence-electron chi connectivity index (χ2n) is 4.15. The molecule has 0 saturated heterocycles. The van der Waals surface area contributed by atoms with E-state index in [-0.39, 0.29) is 12.3 Å². The Bertz CT molecular complexity index is 613. The summed E-state index contributed by atoms with van der Waals surface area (Å²) in [5.74, 6) is -0.612. The summed E-state index contributed by atoms with van der Waals surface area (Å²) in [6.07, 6.45) is 0.475. The summed E-state index contributed by atoms with van der Waals surface area (Å²) in [6.45, 7) is -0.0119. The van der Waals surface area contributed by atoms with Crippen molar-refractivity contribution in [2.45, 2.75) is 13.0 Å². The van der Waals surface area contributed by atoms with Crippen molar-refractivity contribution in [1.82, 2.24) is 10.2 Å². The van der Waals surface area contributed by atoms with E-state index in [2.05, 4.69) is 10.2 Å². The largest absolute Gasteiger partial charge is 0.493 e. The number of nitrogens with one attached hydrogen (secondary N) is 1. The first-order valence-electron chi connectivity index (χ1n) is 5.96. The molecular weight excluding hydrogens is 265 g/mol. The molecule has 0 radical (unpaired) electrons. The number of benzene rings is 1. The molecule has 0 fully saturated rings. The predicted molar refractivity (Wildman–Crippen MR) is 68.6 cm³/mol. The topological polar surface area (TPSA) is 101 Å². The summed E-state index contributed by atoms with van der Waals surface area (Å²) < 4.78 is 18.4. The third kappa shape index (κ3) is 3.33. The average Bonchev–Trinajstić information content (AvgIpc) is 2.89. The summed E-state index contributed by atoms with van der Waals surface area (Å²) >= 11 is 0. The molecule has 106 valence electrons. The van der Waals surface area contributed by atoms with Crippen LogP contribution in [0.15, 0.2) is 24.3 Å². The molecule has 7 heteroatoms. The predicted octanol–water partition coefficient (Wildman–Crippen LogP) is 0.761. The highest BCUT2D eigenvalue weighted by molar-refractivity contribution is 5.90. The van der Waals surface area contributed by atoms with E-state index in [9.17, 15) is 9.18 Å². The molecule has 2 rings (SSSR count). The molecule has 0 bridgehead atoms. The number of aliphatic hydroxyl groups is 1. The number of aromatic nitrogens is 2. The van der Waals surface area contributed by atoms with Crippen LogP contribution in [0.2, 0.25) is 0 Å². The van der Waals surface area contributed by atoms with Crippen molar-refractivity contribution in [2.24, 2.45) is 5.73 Å². The number of nitrogens with two attached hydrogens (primary N) is 1. The number of hydrogen-bond donors (Lipinski definition) is 3. The van der Waals surface area contributed by atoms with Gasteiger partial charge in [0.2, 0.25) is 0 Å². The zero-order chi connectivity index (χ0) is 14.5. The van der Waals surface area contributed by atoms with Crippen molar-refractivity contribution in [3.63, 3.8) is 0 Å². The molecule has 1 aromatic carbocycles. The lowest BCUT2D eigenvalue weighted by Gasteiger charge is -2.09. The fourth-order valence-electron chi connectivity index (χ4n) is 1.70. The molecule has 2 aromatic rings. The molecule has 0 atom stereocenters. The molecule has 0 saturated carbocycles. The molecule has 0 aliphatic rings. The van der Waals surface area contributed by atoms with E-state index in [1.165, 1.54) is 18.2 Å². The van der Waals surface area contributed by atoms with Crippen molar-refractivity contribution in [3.05, 3.63) is 47.0 Å². The monoisotopic (exact) mass is 279 g/mol. The molecule has 0 unspecified atom stereocenters. The van der Waals surface area contributed by atoms with Gasteiger partial charge in [-0.1, -0.05) is 0 Å². The number of aliphatic hydroxyl groups excluding tert-OH is 1. The lowest BCUT2D eigenvalue weighted by molar-refractivity contribution is 0.0995. The molecule has 0 aliphatic heterocycles. The van der Waals surface area contributed by atoms with Crippen LogP contribution in [0.25, 0.3) is 0 Å². The van der Waals surface area contributed by atoms with E-state index in [0.29, 0.717) is 30.0 Å². The SMILES string of the molecule is NC(=O)c1cc(CCOc2ccc(F)cc2CO)[nH]n1. The van der Waals surface area contributed by atoms with Gasteiger partial charge in [0, 0.05) is 17.7 Å². The number of rotatable bonds is 6. The smallest absolute Gasteiger partial charge is 0.269 e. The molecule has 1 amide bonds. The number of H-pyrrole nitrogens is 1. The van der Waals surface area contributed by atoms with Crippen LogP contribution >= 0.6 is 0 Å². The van der Waals surface area contributed by atoms with Gasteiger partial charge in [0.25, 0.3) is 5.91 Å². The molecule has 6 nitrogen and oxygen atoms in total. The summed E-state index contributed by atoms with van der Waals surface area (Å²) in [6, 6.07) is 5.48. The summed E-state index contributed by atoms with van der Waals surface area (Å²) in [5.41, 5.74) is 6.33. The Morgan fingerprint density at radius 1 is 1.45 bits per heavy atom. The molecule has 20 heavy (non-hydrogen) atoms. The van der Waals surface area contributed by atoms with Crippen molar-refractivity contribution >= 4 is 5.91 Å². The van der Waals surface area contributed by atoms with Gasteiger partial charge in [-0.2, -0.15) is 5.10 Å². The van der Waals surface area contributed by atoms with Crippen molar-refractivity contribution in [3.8, 4) is 5.75 Å². The van der Waals surface area contributed by atoms with Crippen molar-refractivity contribution < 1.29 is 19.0 Å². The molecule has 0 spiro atoms. The van der Waals surface area contributed by atoms with Crippen molar-refractivity contribution in [1.29, 1.82) is 0 Å². The minimum absolute atomic E-state index is 0.165. The van der Waals surface area contributed by atoms with Crippen molar-refractivity contribution in [2.75, 3.05) is 6.61 Å². The Balaban J connectivity index is 1.93. The number of amides is 1. The van der Waals surface area contributed by atoms with E-state index < -0.39 is 11.7 Å². The van der Waals surface area contributed by atoms with E-state index in [1.807, 2.05) is 0 Å². The van der Waals surface area contributed by atoms with Crippen LogP contribution in [0.4, 0.5) is 4.39 Å². The maximum Gasteiger partial charge on any atom is 0.269 e. The Kier molecular flexibility index (Phi) is 4.31. The van der Waals surface area contributed by atoms with Gasteiger partial charge in [0.05, 0.1) is 13.2 Å². The van der Waals surface area contributed by atoms with Gasteiger partial charge in [-0.25, -0.2) is 4.39 Å². The molecule has 4 N–H and O–H groups in total. The highest BCUT2D eigenvalue weighted by Crippen LogP contribution is 2.19. The molecule has 1 heterocycles. The van der Waals surface area contributed by atoms with E-state index >= 15 is 0 Å². The quantitative estimate of drug-likeness (QED) is 0.726. The zero-order valence-corrected chi connectivity index (χ0v) is 10.6. The number of aromatic amines is 1. The minimum atomic E-state index is -0.602. The summed E-state index contributed by atoms with van der Waals surface area (Å²) in [7, 11) is 0. The number of carbonyl (C=O) groups is 1. The zero-order valence-electron chi connectivity index (χ0n) is 10.6. The number of hydrogen-bond acceptors (Lipinski definition) is 4. The first-order valence-corrected chi connectivity index (χ1v) is 5.96. The molecule has 0 aliphatic carbocycles. The van der Waals surface area contributed by atoms with Crippen LogP contribution in [0.1, 0.15) is 21.7 Å². The Hall–Kier alpha value is -2.41. The first-order chi connectivity index (χ1) is 9.60. The van der Waals surface area contributed by atoms with Crippen LogP contribution in [0, 0.1) is 5.82 Å². The number of ether oxygens (including phenoxy) is 1. The van der Waals surface area contributed by atoms with Gasteiger partial charge in [-0.05, 0) is 24.3 Å². The van der Waals surface area contributed by atoms with Gasteiger partial charge < -0.3 is 15.6 Å². The second kappa shape index (κ2) is 6.16. The Labute approximate surface area is 114 Å². The highest BCUT2D eigenvalue weighted by atomic mass is 19.1. The van der Waals surface area contributed by atoms with Crippen LogP contribution in [0.3, 0.4) is 0 Å². The third-order valence-electron chi connectivity index (χ3n) is 2.71. The van der Waals surface area contributed by atoms with E-state index in [4.69, 9.17) is 15.6 Å². The second-order valence-corrected chi connectivity index (χ2v) is 4.15.